The van der Waals surface area contributed by atoms with Crippen molar-refractivity contribution in [1.29, 1.82) is 0 Å². The van der Waals surface area contributed by atoms with E-state index in [0.29, 0.717) is 0 Å². The van der Waals surface area contributed by atoms with Gasteiger partial charge >= 0.3 is 0 Å². The Morgan fingerprint density at radius 1 is 1.15 bits per heavy atom. The molecule has 1 rings (SSSR count). The lowest BCUT2D eigenvalue weighted by atomic mass is 10.1. The van der Waals surface area contributed by atoms with Gasteiger partial charge in [0.15, 0.2) is 0 Å². The smallest absolute Gasteiger partial charge is 0.0250 e. The molecular formula is C12H13Br. The van der Waals surface area contributed by atoms with Gasteiger partial charge in [0.1, 0.15) is 0 Å². The first-order valence-electron chi connectivity index (χ1n) is 4.35. The second-order valence-electron chi connectivity index (χ2n) is 3.12. The molecule has 0 aliphatic carbocycles. The molecule has 0 atom stereocenters. The molecule has 0 nitrogen and oxygen atoms in total. The van der Waals surface area contributed by atoms with Crippen LogP contribution in [0.3, 0.4) is 0 Å². The van der Waals surface area contributed by atoms with Crippen molar-refractivity contribution in [3.8, 4) is 11.8 Å². The second-order valence-corrected chi connectivity index (χ2v) is 3.91. The van der Waals surface area contributed by atoms with E-state index in [0.717, 1.165) is 17.3 Å². The Labute approximate surface area is 88.5 Å². The molecule has 0 aliphatic heterocycles. The maximum atomic E-state index is 3.35. The van der Waals surface area contributed by atoms with Gasteiger partial charge in [-0.25, -0.2) is 0 Å². The van der Waals surface area contributed by atoms with E-state index in [2.05, 4.69) is 59.8 Å². The molecule has 68 valence electrons. The Morgan fingerprint density at radius 3 is 2.31 bits per heavy atom. The summed E-state index contributed by atoms with van der Waals surface area (Å²) in [5.41, 5.74) is 3.68. The number of hydrogen-bond donors (Lipinski definition) is 0. The van der Waals surface area contributed by atoms with E-state index in [9.17, 15) is 0 Å². The maximum absolute atomic E-state index is 3.35. The van der Waals surface area contributed by atoms with E-state index in [1.54, 1.807) is 0 Å². The molecule has 0 fully saturated rings. The van der Waals surface area contributed by atoms with Gasteiger partial charge in [-0.2, -0.15) is 0 Å². The van der Waals surface area contributed by atoms with Gasteiger partial charge < -0.3 is 0 Å². The Hall–Kier alpha value is -0.740. The van der Waals surface area contributed by atoms with Gasteiger partial charge in [0.05, 0.1) is 0 Å². The molecule has 1 aromatic carbocycles. The fourth-order valence-corrected chi connectivity index (χ4v) is 1.46. The Kier molecular flexibility index (Phi) is 4.05. The first-order valence-corrected chi connectivity index (χ1v) is 5.47. The van der Waals surface area contributed by atoms with E-state index in [1.807, 2.05) is 0 Å². The molecule has 0 amide bonds. The number of rotatable bonds is 1. The molecule has 0 unspecified atom stereocenters. The molecule has 1 aromatic rings. The van der Waals surface area contributed by atoms with Crippen molar-refractivity contribution in [3.63, 3.8) is 0 Å². The lowest BCUT2D eigenvalue weighted by molar-refractivity contribution is 1.31. The summed E-state index contributed by atoms with van der Waals surface area (Å²) in [4.78, 5) is 0. The van der Waals surface area contributed by atoms with E-state index >= 15 is 0 Å². The second kappa shape index (κ2) is 5.09. The highest BCUT2D eigenvalue weighted by atomic mass is 79.9. The average Bonchev–Trinajstić information content (AvgIpc) is 2.03. The lowest BCUT2D eigenvalue weighted by Gasteiger charge is -1.97. The number of benzene rings is 1. The predicted octanol–water partition coefficient (Wildman–Crippen LogP) is 3.44. The van der Waals surface area contributed by atoms with Crippen LogP contribution in [0, 0.1) is 25.7 Å². The summed E-state index contributed by atoms with van der Waals surface area (Å²) in [6.07, 6.45) is 0.910. The van der Waals surface area contributed by atoms with Crippen LogP contribution >= 0.6 is 15.9 Å². The fraction of sp³-hybridized carbons (Fsp3) is 0.333. The fourth-order valence-electron chi connectivity index (χ4n) is 1.26. The number of halogens is 1. The summed E-state index contributed by atoms with van der Waals surface area (Å²) in [7, 11) is 0. The van der Waals surface area contributed by atoms with Gasteiger partial charge in [0.2, 0.25) is 0 Å². The standard InChI is InChI=1S/C12H13Br/c1-10-7-11(2)9-12(8-10)5-3-4-6-13/h7-9H,4,6H2,1-2H3. The van der Waals surface area contributed by atoms with Crippen molar-refractivity contribution >= 4 is 15.9 Å². The molecule has 13 heavy (non-hydrogen) atoms. The Bertz CT molecular complexity index is 322. The van der Waals surface area contributed by atoms with Crippen molar-refractivity contribution in [1.82, 2.24) is 0 Å². The van der Waals surface area contributed by atoms with Crippen LogP contribution in [0.15, 0.2) is 18.2 Å². The monoisotopic (exact) mass is 236 g/mol. The predicted molar refractivity (Wildman–Crippen MR) is 61.2 cm³/mol. The number of aryl methyl sites for hydroxylation is 2. The van der Waals surface area contributed by atoms with E-state index < -0.39 is 0 Å². The highest BCUT2D eigenvalue weighted by Crippen LogP contribution is 2.07. The third-order valence-corrected chi connectivity index (χ3v) is 2.07. The molecule has 0 N–H and O–H groups in total. The first kappa shape index (κ1) is 10.3. The zero-order valence-electron chi connectivity index (χ0n) is 8.02. The summed E-state index contributed by atoms with van der Waals surface area (Å²) in [5.74, 6) is 6.26. The summed E-state index contributed by atoms with van der Waals surface area (Å²) in [6.45, 7) is 4.20. The minimum Gasteiger partial charge on any atom is -0.0970 e. The number of hydrogen-bond acceptors (Lipinski definition) is 0. The molecule has 0 spiro atoms. The van der Waals surface area contributed by atoms with Crippen LogP contribution in [0.4, 0.5) is 0 Å². The van der Waals surface area contributed by atoms with E-state index in [4.69, 9.17) is 0 Å². The summed E-state index contributed by atoms with van der Waals surface area (Å²) in [5, 5.41) is 0.949. The largest absolute Gasteiger partial charge is 0.0970 e. The molecule has 0 heterocycles. The SMILES string of the molecule is Cc1cc(C)cc(C#CCCBr)c1. The van der Waals surface area contributed by atoms with Crippen LogP contribution in [0.1, 0.15) is 23.1 Å². The molecular weight excluding hydrogens is 224 g/mol. The molecule has 0 aromatic heterocycles. The van der Waals surface area contributed by atoms with Crippen molar-refractivity contribution in [2.24, 2.45) is 0 Å². The van der Waals surface area contributed by atoms with E-state index in [1.165, 1.54) is 11.1 Å². The Balaban J connectivity index is 2.85. The molecule has 0 saturated carbocycles. The third kappa shape index (κ3) is 3.65. The van der Waals surface area contributed by atoms with Crippen molar-refractivity contribution in [2.45, 2.75) is 20.3 Å². The topological polar surface area (TPSA) is 0 Å². The Morgan fingerprint density at radius 2 is 1.77 bits per heavy atom. The highest BCUT2D eigenvalue weighted by Gasteiger charge is 1.90. The molecule has 0 bridgehead atoms. The van der Waals surface area contributed by atoms with Crippen LogP contribution in [-0.2, 0) is 0 Å². The molecule has 0 saturated heterocycles. The normalized spacial score (nSPS) is 9.15. The zero-order valence-corrected chi connectivity index (χ0v) is 9.61. The van der Waals surface area contributed by atoms with Crippen molar-refractivity contribution < 1.29 is 0 Å². The van der Waals surface area contributed by atoms with Crippen LogP contribution in [0.5, 0.6) is 0 Å². The van der Waals surface area contributed by atoms with Crippen LogP contribution < -0.4 is 0 Å². The minimum atomic E-state index is 0.910. The summed E-state index contributed by atoms with van der Waals surface area (Å²) in [6, 6.07) is 6.40. The van der Waals surface area contributed by atoms with Crippen molar-refractivity contribution in [3.05, 3.63) is 34.9 Å². The molecule has 0 radical (unpaired) electrons. The zero-order chi connectivity index (χ0) is 9.68. The molecule has 0 aliphatic rings. The van der Waals surface area contributed by atoms with Crippen molar-refractivity contribution in [2.75, 3.05) is 5.33 Å². The van der Waals surface area contributed by atoms with Gasteiger partial charge in [-0.15, -0.1) is 0 Å². The van der Waals surface area contributed by atoms with Gasteiger partial charge in [0.25, 0.3) is 0 Å². The summed E-state index contributed by atoms with van der Waals surface area (Å²) < 4.78 is 0. The van der Waals surface area contributed by atoms with E-state index in [-0.39, 0.29) is 0 Å². The van der Waals surface area contributed by atoms with Crippen LogP contribution in [-0.4, -0.2) is 5.33 Å². The quantitative estimate of drug-likeness (QED) is 0.518. The third-order valence-electron chi connectivity index (χ3n) is 1.67. The van der Waals surface area contributed by atoms with Gasteiger partial charge in [0, 0.05) is 17.3 Å². The van der Waals surface area contributed by atoms with Gasteiger partial charge in [-0.1, -0.05) is 33.8 Å². The molecule has 1 heteroatoms. The minimum absolute atomic E-state index is 0.910. The van der Waals surface area contributed by atoms with Crippen LogP contribution in [0.25, 0.3) is 0 Å². The van der Waals surface area contributed by atoms with Crippen LogP contribution in [0.2, 0.25) is 0 Å². The van der Waals surface area contributed by atoms with Gasteiger partial charge in [-0.3, -0.25) is 0 Å². The highest BCUT2D eigenvalue weighted by molar-refractivity contribution is 9.09. The maximum Gasteiger partial charge on any atom is 0.0250 e. The first-order chi connectivity index (χ1) is 6.22. The lowest BCUT2D eigenvalue weighted by Crippen LogP contribution is -1.81. The number of alkyl halides is 1. The average molecular weight is 237 g/mol. The van der Waals surface area contributed by atoms with Gasteiger partial charge in [-0.05, 0) is 37.1 Å². The summed E-state index contributed by atoms with van der Waals surface area (Å²) >= 11 is 3.35.